The highest BCUT2D eigenvalue weighted by Gasteiger charge is 2.34. The van der Waals surface area contributed by atoms with Crippen LogP contribution in [0, 0.1) is 0 Å². The van der Waals surface area contributed by atoms with Gasteiger partial charge in [0.2, 0.25) is 10.0 Å². The van der Waals surface area contributed by atoms with Crippen molar-refractivity contribution in [1.82, 2.24) is 9.62 Å². The molecule has 5 aromatic rings. The Bertz CT molecular complexity index is 2260. The summed E-state index contributed by atoms with van der Waals surface area (Å²) in [5.41, 5.74) is 0.375. The maximum absolute atomic E-state index is 14.7. The van der Waals surface area contributed by atoms with E-state index in [1.54, 1.807) is 66.7 Å². The lowest BCUT2D eigenvalue weighted by atomic mass is 9.86. The molecule has 0 heterocycles. The van der Waals surface area contributed by atoms with Crippen LogP contribution in [0.3, 0.4) is 0 Å². The number of benzene rings is 5. The molecule has 2 amide bonds. The molecule has 264 valence electrons. The maximum Gasteiger partial charge on any atom is 0.336 e. The van der Waals surface area contributed by atoms with E-state index in [0.717, 1.165) is 36.1 Å². The first-order chi connectivity index (χ1) is 25.0. The zero-order chi connectivity index (χ0) is 36.8. The van der Waals surface area contributed by atoms with Crippen molar-refractivity contribution in [2.75, 3.05) is 0 Å². The third-order valence-corrected chi connectivity index (χ3v) is 9.96. The maximum atomic E-state index is 14.7. The van der Waals surface area contributed by atoms with Gasteiger partial charge in [0.1, 0.15) is 11.5 Å². The van der Waals surface area contributed by atoms with E-state index in [-0.39, 0.29) is 6.54 Å². The van der Waals surface area contributed by atoms with E-state index < -0.39 is 67.8 Å². The smallest absolute Gasteiger partial charge is 0.336 e. The Morgan fingerprint density at radius 1 is 0.692 bits per heavy atom. The van der Waals surface area contributed by atoms with Crippen molar-refractivity contribution < 1.29 is 42.5 Å². The van der Waals surface area contributed by atoms with Crippen molar-refractivity contribution >= 4 is 33.8 Å². The van der Waals surface area contributed by atoms with E-state index in [9.17, 15) is 37.8 Å². The number of ether oxygens (including phenoxy) is 1. The molecule has 0 bridgehead atoms. The molecule has 0 spiro atoms. The van der Waals surface area contributed by atoms with Gasteiger partial charge in [0, 0.05) is 6.54 Å². The van der Waals surface area contributed by atoms with Gasteiger partial charge in [0.15, 0.2) is 0 Å². The Kier molecular flexibility index (Phi) is 10.5. The van der Waals surface area contributed by atoms with Gasteiger partial charge in [-0.15, -0.1) is 0 Å². The highest BCUT2D eigenvalue weighted by atomic mass is 32.2. The van der Waals surface area contributed by atoms with Gasteiger partial charge in [-0.05, 0) is 77.9 Å². The van der Waals surface area contributed by atoms with Gasteiger partial charge >= 0.3 is 11.9 Å². The number of carboxylic acid groups (broad SMARTS) is 2. The Hall–Kier alpha value is -6.27. The van der Waals surface area contributed by atoms with E-state index in [0.29, 0.717) is 29.0 Å². The van der Waals surface area contributed by atoms with Crippen LogP contribution in [-0.2, 0) is 28.7 Å². The molecule has 0 saturated carbocycles. The second-order valence-electron chi connectivity index (χ2n) is 12.3. The van der Waals surface area contributed by atoms with Crippen molar-refractivity contribution in [2.45, 2.75) is 37.6 Å². The average molecular weight is 719 g/mol. The predicted octanol–water partition coefficient (Wildman–Crippen LogP) is 6.86. The number of nitrogens with zero attached hydrogens (tertiary/aromatic N) is 1. The first-order valence-electron chi connectivity index (χ1n) is 16.4. The Balaban J connectivity index is 1.39. The molecule has 0 fully saturated rings. The fourth-order valence-corrected chi connectivity index (χ4v) is 7.50. The fraction of sp³-hybridized carbons (Fsp3) is 0.150. The third-order valence-electron chi connectivity index (χ3n) is 8.75. The number of aromatic carboxylic acids is 2. The van der Waals surface area contributed by atoms with Crippen molar-refractivity contribution in [1.29, 1.82) is 0 Å². The highest BCUT2D eigenvalue weighted by molar-refractivity contribution is 7.89. The molecule has 0 unspecified atom stereocenters. The van der Waals surface area contributed by atoms with Gasteiger partial charge in [-0.25, -0.2) is 22.7 Å². The molecule has 0 radical (unpaired) electrons. The number of carbonyl (C=O) groups is 4. The second kappa shape index (κ2) is 15.3. The molecule has 12 heteroatoms. The molecular formula is C40H34N2O9S. The highest BCUT2D eigenvalue weighted by Crippen LogP contribution is 2.37. The molecule has 1 aliphatic carbocycles. The first-order valence-corrected chi connectivity index (χ1v) is 18.1. The van der Waals surface area contributed by atoms with E-state index in [2.05, 4.69) is 0 Å². The minimum atomic E-state index is -4.32. The van der Waals surface area contributed by atoms with Crippen LogP contribution in [0.4, 0.5) is 0 Å². The Morgan fingerprint density at radius 3 is 2.00 bits per heavy atom. The number of nitrogens with one attached hydrogen (secondary N) is 1. The molecule has 1 aliphatic rings. The molecule has 11 nitrogen and oxygen atoms in total. The van der Waals surface area contributed by atoms with E-state index >= 15 is 0 Å². The first kappa shape index (κ1) is 35.6. The number of rotatable bonds is 12. The van der Waals surface area contributed by atoms with Crippen LogP contribution in [-0.4, -0.2) is 47.3 Å². The number of carboxylic acids is 2. The lowest BCUT2D eigenvalue weighted by molar-refractivity contribution is 0.0614. The summed E-state index contributed by atoms with van der Waals surface area (Å²) in [4.78, 5) is 54.7. The van der Waals surface area contributed by atoms with Crippen LogP contribution in [0.15, 0.2) is 121 Å². The summed E-state index contributed by atoms with van der Waals surface area (Å²) in [6.07, 6.45) is 2.08. The number of fused-ring (bicyclic) bond motifs is 1. The monoisotopic (exact) mass is 718 g/mol. The molecule has 0 saturated heterocycles. The third kappa shape index (κ3) is 8.19. The molecule has 0 aromatic heterocycles. The van der Waals surface area contributed by atoms with Crippen LogP contribution in [0.25, 0.3) is 0 Å². The second-order valence-corrected chi connectivity index (χ2v) is 14.1. The quantitative estimate of drug-likeness (QED) is 0.125. The number of hydrogen-bond acceptors (Lipinski definition) is 7. The SMILES string of the molecule is O=C(O)c1cc(C(=O)N(Cc2cccc(Oc3ccccc3)c2)[C@H]2CCCc3ccccc32)c(C(=O)O)cc1C(=O)NS(=O)(=O)Cc1ccccc1. The number of carbonyl (C=O) groups excluding carboxylic acids is 2. The average Bonchev–Trinajstić information content (AvgIpc) is 3.13. The summed E-state index contributed by atoms with van der Waals surface area (Å²) in [5.74, 6) is -4.85. The van der Waals surface area contributed by atoms with E-state index in [1.165, 1.54) is 4.90 Å². The minimum Gasteiger partial charge on any atom is -0.478 e. The largest absolute Gasteiger partial charge is 0.478 e. The van der Waals surface area contributed by atoms with Crippen LogP contribution in [0.2, 0.25) is 0 Å². The lowest BCUT2D eigenvalue weighted by Gasteiger charge is -2.36. The van der Waals surface area contributed by atoms with Crippen LogP contribution in [0.1, 0.15) is 82.6 Å². The van der Waals surface area contributed by atoms with Crippen molar-refractivity contribution in [3.05, 3.63) is 166 Å². The summed E-state index contributed by atoms with van der Waals surface area (Å²) in [7, 11) is -4.32. The zero-order valence-electron chi connectivity index (χ0n) is 27.8. The molecular weight excluding hydrogens is 685 g/mol. The van der Waals surface area contributed by atoms with E-state index in [4.69, 9.17) is 4.74 Å². The van der Waals surface area contributed by atoms with Gasteiger partial charge in [-0.3, -0.25) is 9.59 Å². The molecule has 1 atom stereocenters. The summed E-state index contributed by atoms with van der Waals surface area (Å²) < 4.78 is 33.6. The van der Waals surface area contributed by atoms with Gasteiger partial charge in [0.25, 0.3) is 11.8 Å². The van der Waals surface area contributed by atoms with Gasteiger partial charge < -0.3 is 19.8 Å². The molecule has 6 rings (SSSR count). The Morgan fingerprint density at radius 2 is 1.29 bits per heavy atom. The van der Waals surface area contributed by atoms with Crippen molar-refractivity contribution in [3.63, 3.8) is 0 Å². The van der Waals surface area contributed by atoms with Crippen LogP contribution in [0.5, 0.6) is 11.5 Å². The van der Waals surface area contributed by atoms with E-state index in [1.807, 2.05) is 47.2 Å². The van der Waals surface area contributed by atoms with Gasteiger partial charge in [0.05, 0.1) is 34.0 Å². The molecule has 5 aromatic carbocycles. The summed E-state index contributed by atoms with van der Waals surface area (Å²) in [5, 5.41) is 20.5. The zero-order valence-corrected chi connectivity index (χ0v) is 28.6. The number of para-hydroxylation sites is 1. The number of sulfonamides is 1. The predicted molar refractivity (Wildman–Crippen MR) is 192 cm³/mol. The van der Waals surface area contributed by atoms with Crippen molar-refractivity contribution in [2.24, 2.45) is 0 Å². The summed E-state index contributed by atoms with van der Waals surface area (Å²) in [6.45, 7) is 0.00521. The molecule has 3 N–H and O–H groups in total. The summed E-state index contributed by atoms with van der Waals surface area (Å²) >= 11 is 0. The standard InChI is InChI=1S/C40H34N2O9S/c43-37(41-52(49,50)25-26-11-3-1-4-12-26)32-22-35(40(47)48)33(23-34(32)39(45)46)38(44)42(36-20-10-15-28-14-7-8-19-31(28)36)24-27-13-9-18-30(21-27)51-29-16-5-2-6-17-29/h1-9,11-14,16-19,21-23,36H,10,15,20,24-25H2,(H,41,43)(H,45,46)(H,47,48)/t36-/m0/s1. The topological polar surface area (TPSA) is 167 Å². The lowest BCUT2D eigenvalue weighted by Crippen LogP contribution is -2.37. The Labute approximate surface area is 300 Å². The number of hydrogen-bond donors (Lipinski definition) is 3. The van der Waals surface area contributed by atoms with Crippen molar-refractivity contribution in [3.8, 4) is 11.5 Å². The number of amides is 2. The normalized spacial score (nSPS) is 13.7. The minimum absolute atomic E-state index is 0.00521. The van der Waals surface area contributed by atoms with Crippen LogP contribution >= 0.6 is 0 Å². The molecule has 0 aliphatic heterocycles. The van der Waals surface area contributed by atoms with Gasteiger partial charge in [-0.2, -0.15) is 0 Å². The fourth-order valence-electron chi connectivity index (χ4n) is 6.40. The van der Waals surface area contributed by atoms with Crippen LogP contribution < -0.4 is 9.46 Å². The van der Waals surface area contributed by atoms with Gasteiger partial charge in [-0.1, -0.05) is 84.9 Å². The number of aryl methyl sites for hydroxylation is 1. The molecule has 52 heavy (non-hydrogen) atoms. The summed E-state index contributed by atoms with van der Waals surface area (Å²) in [6, 6.07) is 33.0.